The molecule has 0 aromatic carbocycles. The quantitative estimate of drug-likeness (QED) is 0.692. The fraction of sp³-hybridized carbons (Fsp3) is 0.444. The van der Waals surface area contributed by atoms with E-state index in [0.717, 1.165) is 5.69 Å². The Labute approximate surface area is 66.9 Å². The molecule has 1 aromatic rings. The molecule has 0 radical (unpaired) electrons. The van der Waals surface area contributed by atoms with Crippen molar-refractivity contribution in [1.29, 1.82) is 0 Å². The zero-order chi connectivity index (χ0) is 8.32. The molecule has 1 aromatic heterocycles. The van der Waals surface area contributed by atoms with Crippen LogP contribution in [0.1, 0.15) is 19.5 Å². The van der Waals surface area contributed by atoms with Gasteiger partial charge in [-0.15, -0.1) is 0 Å². The summed E-state index contributed by atoms with van der Waals surface area (Å²) in [5.41, 5.74) is 0.712. The highest BCUT2D eigenvalue weighted by Gasteiger charge is 2.19. The molecule has 0 saturated carbocycles. The Kier molecular flexibility index (Phi) is 2.25. The summed E-state index contributed by atoms with van der Waals surface area (Å²) >= 11 is 0. The molecule has 0 bridgehead atoms. The summed E-state index contributed by atoms with van der Waals surface area (Å²) in [6.45, 7) is 4.06. The van der Waals surface area contributed by atoms with Crippen molar-refractivity contribution in [1.82, 2.24) is 4.98 Å². The molecule has 0 atom stereocenters. The van der Waals surface area contributed by atoms with Crippen molar-refractivity contribution in [2.45, 2.75) is 19.3 Å². The fourth-order valence-corrected chi connectivity index (χ4v) is 0.844. The first-order chi connectivity index (χ1) is 5.17. The normalized spacial score (nSPS) is 11.5. The van der Waals surface area contributed by atoms with Gasteiger partial charge in [-0.25, -0.2) is 0 Å². The van der Waals surface area contributed by atoms with Crippen LogP contribution in [0.15, 0.2) is 24.4 Å². The summed E-state index contributed by atoms with van der Waals surface area (Å²) in [5.74, 6) is 0. The fourth-order valence-electron chi connectivity index (χ4n) is 0.844. The SMILES string of the molecule is CC(C)(CO)c1ccccn1. The maximum Gasteiger partial charge on any atom is 0.0537 e. The van der Waals surface area contributed by atoms with Crippen molar-refractivity contribution < 1.29 is 5.11 Å². The summed E-state index contributed by atoms with van der Waals surface area (Å²) in [4.78, 5) is 4.16. The number of aliphatic hydroxyl groups is 1. The topological polar surface area (TPSA) is 33.1 Å². The van der Waals surface area contributed by atoms with E-state index in [1.807, 2.05) is 32.0 Å². The van der Waals surface area contributed by atoms with Crippen LogP contribution in [0.5, 0.6) is 0 Å². The first-order valence-corrected chi connectivity index (χ1v) is 3.69. The van der Waals surface area contributed by atoms with E-state index in [1.54, 1.807) is 6.20 Å². The van der Waals surface area contributed by atoms with Crippen molar-refractivity contribution in [2.24, 2.45) is 0 Å². The highest BCUT2D eigenvalue weighted by molar-refractivity contribution is 5.13. The monoisotopic (exact) mass is 151 g/mol. The zero-order valence-corrected chi connectivity index (χ0v) is 6.91. The summed E-state index contributed by atoms with van der Waals surface area (Å²) in [6, 6.07) is 5.73. The number of aromatic nitrogens is 1. The lowest BCUT2D eigenvalue weighted by Gasteiger charge is -2.20. The molecule has 11 heavy (non-hydrogen) atoms. The van der Waals surface area contributed by atoms with Gasteiger partial charge in [0.2, 0.25) is 0 Å². The maximum atomic E-state index is 9.01. The van der Waals surface area contributed by atoms with Crippen LogP contribution < -0.4 is 0 Å². The van der Waals surface area contributed by atoms with Crippen LogP contribution in [-0.4, -0.2) is 16.7 Å². The lowest BCUT2D eigenvalue weighted by atomic mass is 9.90. The minimum Gasteiger partial charge on any atom is -0.395 e. The van der Waals surface area contributed by atoms with Crippen LogP contribution in [0.4, 0.5) is 0 Å². The molecule has 0 fully saturated rings. The number of aliphatic hydroxyl groups excluding tert-OH is 1. The van der Waals surface area contributed by atoms with Gasteiger partial charge in [0.15, 0.2) is 0 Å². The van der Waals surface area contributed by atoms with Gasteiger partial charge >= 0.3 is 0 Å². The molecule has 0 unspecified atom stereocenters. The van der Waals surface area contributed by atoms with E-state index in [9.17, 15) is 0 Å². The molecule has 1 N–H and O–H groups in total. The number of rotatable bonds is 2. The summed E-state index contributed by atoms with van der Waals surface area (Å²) in [5, 5.41) is 9.01. The second-order valence-corrected chi connectivity index (χ2v) is 3.26. The minimum atomic E-state index is -0.221. The van der Waals surface area contributed by atoms with Crippen LogP contribution in [0, 0.1) is 0 Å². The van der Waals surface area contributed by atoms with E-state index in [1.165, 1.54) is 0 Å². The van der Waals surface area contributed by atoms with Crippen LogP contribution in [-0.2, 0) is 5.41 Å². The van der Waals surface area contributed by atoms with Gasteiger partial charge in [0.25, 0.3) is 0 Å². The Balaban J connectivity index is 2.93. The number of pyridine rings is 1. The third kappa shape index (κ3) is 1.77. The van der Waals surface area contributed by atoms with Gasteiger partial charge in [-0.05, 0) is 12.1 Å². The van der Waals surface area contributed by atoms with E-state index >= 15 is 0 Å². The largest absolute Gasteiger partial charge is 0.395 e. The Hall–Kier alpha value is -0.890. The van der Waals surface area contributed by atoms with Gasteiger partial charge in [0.05, 0.1) is 6.61 Å². The predicted octanol–water partition coefficient (Wildman–Crippen LogP) is 1.35. The van der Waals surface area contributed by atoms with Gasteiger partial charge in [-0.2, -0.15) is 0 Å². The Morgan fingerprint density at radius 3 is 2.64 bits per heavy atom. The highest BCUT2D eigenvalue weighted by Crippen LogP contribution is 2.18. The van der Waals surface area contributed by atoms with Gasteiger partial charge in [0.1, 0.15) is 0 Å². The van der Waals surface area contributed by atoms with E-state index in [4.69, 9.17) is 5.11 Å². The predicted molar refractivity (Wildman–Crippen MR) is 44.3 cm³/mol. The molecule has 1 rings (SSSR count). The lowest BCUT2D eigenvalue weighted by Crippen LogP contribution is -2.23. The second kappa shape index (κ2) is 3.01. The second-order valence-electron chi connectivity index (χ2n) is 3.26. The van der Waals surface area contributed by atoms with Crippen LogP contribution in [0.3, 0.4) is 0 Å². The van der Waals surface area contributed by atoms with E-state index in [0.29, 0.717) is 0 Å². The maximum absolute atomic E-state index is 9.01. The average Bonchev–Trinajstić information content (AvgIpc) is 2.06. The molecule has 0 aliphatic carbocycles. The molecule has 0 saturated heterocycles. The van der Waals surface area contributed by atoms with Crippen molar-refractivity contribution >= 4 is 0 Å². The summed E-state index contributed by atoms with van der Waals surface area (Å²) in [7, 11) is 0. The van der Waals surface area contributed by atoms with Crippen LogP contribution in [0.25, 0.3) is 0 Å². The Morgan fingerprint density at radius 2 is 2.18 bits per heavy atom. The summed E-state index contributed by atoms with van der Waals surface area (Å²) in [6.07, 6.45) is 1.74. The van der Waals surface area contributed by atoms with E-state index in [-0.39, 0.29) is 12.0 Å². The highest BCUT2D eigenvalue weighted by atomic mass is 16.3. The third-order valence-corrected chi connectivity index (χ3v) is 1.75. The first kappa shape index (κ1) is 8.21. The van der Waals surface area contributed by atoms with Crippen molar-refractivity contribution in [3.8, 4) is 0 Å². The van der Waals surface area contributed by atoms with E-state index < -0.39 is 0 Å². The molecule has 2 nitrogen and oxygen atoms in total. The molecule has 0 amide bonds. The van der Waals surface area contributed by atoms with Gasteiger partial charge in [0, 0.05) is 17.3 Å². The molecule has 60 valence electrons. The standard InChI is InChI=1S/C9H13NO/c1-9(2,7-11)8-5-3-4-6-10-8/h3-6,11H,7H2,1-2H3. The van der Waals surface area contributed by atoms with Gasteiger partial charge < -0.3 is 5.11 Å². The van der Waals surface area contributed by atoms with Gasteiger partial charge in [-0.1, -0.05) is 19.9 Å². The Morgan fingerprint density at radius 1 is 1.45 bits per heavy atom. The lowest BCUT2D eigenvalue weighted by molar-refractivity contribution is 0.215. The molecule has 0 spiro atoms. The molecular weight excluding hydrogens is 138 g/mol. The number of nitrogens with zero attached hydrogens (tertiary/aromatic N) is 1. The summed E-state index contributed by atoms with van der Waals surface area (Å²) < 4.78 is 0. The van der Waals surface area contributed by atoms with Crippen molar-refractivity contribution in [2.75, 3.05) is 6.61 Å². The Bertz CT molecular complexity index is 218. The van der Waals surface area contributed by atoms with Crippen LogP contribution >= 0.6 is 0 Å². The van der Waals surface area contributed by atoms with Crippen molar-refractivity contribution in [3.63, 3.8) is 0 Å². The molecule has 0 aliphatic rings. The minimum absolute atomic E-state index is 0.129. The molecule has 0 aliphatic heterocycles. The third-order valence-electron chi connectivity index (χ3n) is 1.75. The molecule has 2 heteroatoms. The molecule has 1 heterocycles. The number of hydrogen-bond donors (Lipinski definition) is 1. The van der Waals surface area contributed by atoms with Gasteiger partial charge in [-0.3, -0.25) is 4.98 Å². The van der Waals surface area contributed by atoms with E-state index in [2.05, 4.69) is 4.98 Å². The smallest absolute Gasteiger partial charge is 0.0537 e. The van der Waals surface area contributed by atoms with Crippen LogP contribution in [0.2, 0.25) is 0 Å². The number of hydrogen-bond acceptors (Lipinski definition) is 2. The average molecular weight is 151 g/mol. The zero-order valence-electron chi connectivity index (χ0n) is 6.91. The first-order valence-electron chi connectivity index (χ1n) is 3.69. The van der Waals surface area contributed by atoms with Crippen molar-refractivity contribution in [3.05, 3.63) is 30.1 Å². The molecular formula is C9H13NO.